The van der Waals surface area contributed by atoms with E-state index in [0.29, 0.717) is 13.1 Å². The van der Waals surface area contributed by atoms with Crippen molar-refractivity contribution in [2.24, 2.45) is 0 Å². The molecule has 0 aromatic heterocycles. The normalized spacial score (nSPS) is 11.7. The Morgan fingerprint density at radius 1 is 0.773 bits per heavy atom. The smallest absolute Gasteiger partial charge is 0.0558 e. The van der Waals surface area contributed by atoms with Gasteiger partial charge >= 0.3 is 0 Å². The van der Waals surface area contributed by atoms with Crippen LogP contribution in [-0.2, 0) is 8.92 Å². The third-order valence-corrected chi connectivity index (χ3v) is 4.15. The van der Waals surface area contributed by atoms with Crippen molar-refractivity contribution in [1.29, 1.82) is 0 Å². The average Bonchev–Trinajstić information content (AvgIpc) is 2.52. The van der Waals surface area contributed by atoms with Crippen LogP contribution in [-0.4, -0.2) is 99.1 Å². The van der Waals surface area contributed by atoms with Crippen molar-refractivity contribution in [1.82, 2.24) is 9.80 Å². The fraction of sp³-hybridized carbons (Fsp3) is 1.00. The molecule has 0 heterocycles. The van der Waals surface area contributed by atoms with Crippen molar-refractivity contribution in [3.05, 3.63) is 0 Å². The number of unbranched alkanes of at least 4 members (excludes halogenated alkanes) is 1. The predicted molar refractivity (Wildman–Crippen MR) is 92.2 cm³/mol. The molecular formula is C15H34N2O4S. The Kier molecular flexibility index (Phi) is 17.6. The van der Waals surface area contributed by atoms with Crippen molar-refractivity contribution >= 4 is 12.0 Å². The molecule has 0 aliphatic heterocycles. The molecule has 0 unspecified atom stereocenters. The molecule has 0 bridgehead atoms. The van der Waals surface area contributed by atoms with Crippen LogP contribution >= 0.6 is 12.0 Å². The molecule has 2 N–H and O–H groups in total. The quantitative estimate of drug-likeness (QED) is 0.299. The molecule has 22 heavy (non-hydrogen) atoms. The molecule has 0 radical (unpaired) electrons. The van der Waals surface area contributed by atoms with Crippen molar-refractivity contribution in [3.63, 3.8) is 0 Å². The van der Waals surface area contributed by atoms with E-state index in [-0.39, 0.29) is 13.2 Å². The van der Waals surface area contributed by atoms with Gasteiger partial charge in [0.15, 0.2) is 0 Å². The fourth-order valence-electron chi connectivity index (χ4n) is 2.25. The second kappa shape index (κ2) is 17.5. The number of hydrogen-bond acceptors (Lipinski definition) is 7. The second-order valence-corrected chi connectivity index (χ2v) is 6.15. The largest absolute Gasteiger partial charge is 0.395 e. The minimum atomic E-state index is 0.186. The molecule has 0 fully saturated rings. The molecule has 0 aromatic carbocycles. The minimum Gasteiger partial charge on any atom is -0.395 e. The summed E-state index contributed by atoms with van der Waals surface area (Å²) in [6.07, 6.45) is 3.18. The summed E-state index contributed by atoms with van der Waals surface area (Å²) in [5.74, 6) is 0.968. The summed E-state index contributed by atoms with van der Waals surface area (Å²) in [6, 6.07) is 0. The summed E-state index contributed by atoms with van der Waals surface area (Å²) in [7, 11) is 3.41. The zero-order chi connectivity index (χ0) is 16.5. The summed E-state index contributed by atoms with van der Waals surface area (Å²) in [4.78, 5) is 4.56. The van der Waals surface area contributed by atoms with Crippen LogP contribution in [0.25, 0.3) is 0 Å². The number of rotatable bonds is 17. The molecule has 0 aliphatic rings. The molecule has 0 aliphatic carbocycles. The Bertz CT molecular complexity index is 204. The van der Waals surface area contributed by atoms with Crippen LogP contribution in [0.3, 0.4) is 0 Å². The zero-order valence-electron chi connectivity index (χ0n) is 14.2. The molecule has 7 heteroatoms. The Hall–Kier alpha value is 0.110. The van der Waals surface area contributed by atoms with Crippen LogP contribution in [0.4, 0.5) is 0 Å². The van der Waals surface area contributed by atoms with Crippen LogP contribution in [0, 0.1) is 0 Å². The molecular weight excluding hydrogens is 304 g/mol. The van der Waals surface area contributed by atoms with Gasteiger partial charge in [-0.25, -0.2) is 0 Å². The van der Waals surface area contributed by atoms with E-state index in [2.05, 4.69) is 9.80 Å². The van der Waals surface area contributed by atoms with E-state index in [4.69, 9.17) is 14.0 Å². The lowest BCUT2D eigenvalue weighted by molar-refractivity contribution is 0.144. The Morgan fingerprint density at radius 3 is 1.86 bits per heavy atom. The number of ether oxygens (including phenoxy) is 1. The van der Waals surface area contributed by atoms with Crippen LogP contribution in [0.2, 0.25) is 0 Å². The first kappa shape index (κ1) is 22.1. The van der Waals surface area contributed by atoms with Gasteiger partial charge in [0.1, 0.15) is 0 Å². The maximum Gasteiger partial charge on any atom is 0.0558 e. The van der Waals surface area contributed by atoms with E-state index in [9.17, 15) is 5.11 Å². The molecule has 0 amide bonds. The Labute approximate surface area is 140 Å². The number of methoxy groups -OCH3 is 1. The van der Waals surface area contributed by atoms with Gasteiger partial charge in [-0.05, 0) is 44.4 Å². The van der Waals surface area contributed by atoms with E-state index < -0.39 is 0 Å². The second-order valence-electron chi connectivity index (χ2n) is 5.17. The molecule has 134 valence electrons. The van der Waals surface area contributed by atoms with E-state index in [1.807, 2.05) is 0 Å². The number of nitrogens with zero attached hydrogens (tertiary/aromatic N) is 2. The highest BCUT2D eigenvalue weighted by Crippen LogP contribution is 2.04. The molecule has 0 spiro atoms. The van der Waals surface area contributed by atoms with Crippen molar-refractivity contribution in [3.8, 4) is 0 Å². The van der Waals surface area contributed by atoms with Gasteiger partial charge in [-0.1, -0.05) is 0 Å². The summed E-state index contributed by atoms with van der Waals surface area (Å²) in [5.41, 5.74) is 0. The third-order valence-electron chi connectivity index (χ3n) is 3.46. The van der Waals surface area contributed by atoms with Crippen LogP contribution in [0.1, 0.15) is 19.3 Å². The van der Waals surface area contributed by atoms with Crippen LogP contribution in [0.5, 0.6) is 0 Å². The molecule has 0 aromatic rings. The number of hydrogen-bond donors (Lipinski definition) is 2. The molecule has 0 saturated carbocycles. The first-order chi connectivity index (χ1) is 10.8. The monoisotopic (exact) mass is 338 g/mol. The maximum absolute atomic E-state index is 9.17. The zero-order valence-corrected chi connectivity index (χ0v) is 15.0. The number of aliphatic hydroxyl groups excluding tert-OH is 2. The van der Waals surface area contributed by atoms with E-state index in [1.165, 1.54) is 12.0 Å². The molecule has 6 nitrogen and oxygen atoms in total. The third kappa shape index (κ3) is 13.8. The molecule has 0 rings (SSSR count). The lowest BCUT2D eigenvalue weighted by Gasteiger charge is -2.27. The summed E-state index contributed by atoms with van der Waals surface area (Å²) >= 11 is 1.47. The minimum absolute atomic E-state index is 0.186. The average molecular weight is 339 g/mol. The van der Waals surface area contributed by atoms with Gasteiger partial charge in [-0.2, -0.15) is 0 Å². The first-order valence-corrected chi connectivity index (χ1v) is 9.00. The Balaban J connectivity index is 3.96. The highest BCUT2D eigenvalue weighted by molar-refractivity contribution is 7.94. The lowest BCUT2D eigenvalue weighted by atomic mass is 10.3. The Morgan fingerprint density at radius 2 is 1.36 bits per heavy atom. The lowest BCUT2D eigenvalue weighted by Crippen LogP contribution is -2.38. The van der Waals surface area contributed by atoms with Crippen LogP contribution in [0.15, 0.2) is 0 Å². The van der Waals surface area contributed by atoms with Crippen molar-refractivity contribution in [2.45, 2.75) is 19.3 Å². The van der Waals surface area contributed by atoms with Crippen molar-refractivity contribution in [2.75, 3.05) is 79.1 Å². The van der Waals surface area contributed by atoms with E-state index in [1.54, 1.807) is 14.2 Å². The van der Waals surface area contributed by atoms with Crippen molar-refractivity contribution < 1.29 is 19.1 Å². The fourth-order valence-corrected chi connectivity index (χ4v) is 2.66. The maximum atomic E-state index is 9.17. The van der Waals surface area contributed by atoms with Gasteiger partial charge in [-0.3, -0.25) is 9.80 Å². The summed E-state index contributed by atoms with van der Waals surface area (Å²) in [6.45, 7) is 6.37. The predicted octanol–water partition coefficient (Wildman–Crippen LogP) is 0.686. The van der Waals surface area contributed by atoms with E-state index in [0.717, 1.165) is 57.8 Å². The standard InChI is InChI=1S/C15H34N2O4S/c1-20-14-4-3-6-16(10-12-18)8-9-17(11-13-19)7-5-15-22-21-2/h18-19H,3-15H2,1-2H3. The number of aliphatic hydroxyl groups is 2. The van der Waals surface area contributed by atoms with E-state index >= 15 is 0 Å². The van der Waals surface area contributed by atoms with Gasteiger partial charge < -0.3 is 19.1 Å². The van der Waals surface area contributed by atoms with Crippen LogP contribution < -0.4 is 0 Å². The van der Waals surface area contributed by atoms with Gasteiger partial charge in [0.2, 0.25) is 0 Å². The van der Waals surface area contributed by atoms with Gasteiger partial charge in [0, 0.05) is 45.6 Å². The molecule has 0 atom stereocenters. The molecule has 0 saturated heterocycles. The SMILES string of the molecule is COCCCCN(CCO)CCN(CCO)CCCSOC. The van der Waals surface area contributed by atoms with Gasteiger partial charge in [-0.15, -0.1) is 0 Å². The highest BCUT2D eigenvalue weighted by Gasteiger charge is 2.09. The summed E-state index contributed by atoms with van der Waals surface area (Å²) < 4.78 is 10.0. The summed E-state index contributed by atoms with van der Waals surface area (Å²) in [5, 5.41) is 18.3. The first-order valence-electron chi connectivity index (χ1n) is 8.09. The topological polar surface area (TPSA) is 65.4 Å². The van der Waals surface area contributed by atoms with Gasteiger partial charge in [0.25, 0.3) is 0 Å². The highest BCUT2D eigenvalue weighted by atomic mass is 32.2. The van der Waals surface area contributed by atoms with Gasteiger partial charge in [0.05, 0.1) is 20.3 Å².